The number of anilines is 1. The normalized spacial score (nSPS) is 17.5. The van der Waals surface area contributed by atoms with Crippen LogP contribution in [0.4, 0.5) is 18.9 Å². The molecule has 0 bridgehead atoms. The molecule has 168 valence electrons. The monoisotopic (exact) mass is 474 g/mol. The lowest BCUT2D eigenvalue weighted by atomic mass is 10.0. The standard InChI is InChI=1S/C21H22ClF3N2O3S/c1-15-6-5-11-26(13-15)20(28)14-27(31(29,30)17-7-3-2-4-8-17)19-12-16(21(23,24)25)9-10-18(19)22/h2-4,7-10,12,15H,5-6,11,13-14H2,1H3/t15-/m0/s1. The molecule has 1 fully saturated rings. The molecule has 2 aromatic rings. The highest BCUT2D eigenvalue weighted by Crippen LogP contribution is 2.37. The van der Waals surface area contributed by atoms with Gasteiger partial charge in [-0.05, 0) is 49.1 Å². The number of carbonyl (C=O) groups is 1. The van der Waals surface area contributed by atoms with Crippen LogP contribution in [0.15, 0.2) is 53.4 Å². The molecule has 5 nitrogen and oxygen atoms in total. The number of nitrogens with zero attached hydrogens (tertiary/aromatic N) is 2. The predicted octanol–water partition coefficient (Wildman–Crippen LogP) is 4.81. The summed E-state index contributed by atoms with van der Waals surface area (Å²) in [4.78, 5) is 14.3. The third-order valence-corrected chi connectivity index (χ3v) is 7.26. The van der Waals surface area contributed by atoms with Gasteiger partial charge in [0.1, 0.15) is 6.54 Å². The van der Waals surface area contributed by atoms with Gasteiger partial charge in [-0.3, -0.25) is 9.10 Å². The molecule has 0 aromatic heterocycles. The van der Waals surface area contributed by atoms with E-state index in [1.807, 2.05) is 6.92 Å². The van der Waals surface area contributed by atoms with E-state index in [-0.39, 0.29) is 15.8 Å². The van der Waals surface area contributed by atoms with Crippen LogP contribution in [-0.2, 0) is 21.0 Å². The van der Waals surface area contributed by atoms with Crippen LogP contribution in [0.1, 0.15) is 25.3 Å². The summed E-state index contributed by atoms with van der Waals surface area (Å²) in [5.74, 6) is -0.228. The Kier molecular flexibility index (Phi) is 6.85. The van der Waals surface area contributed by atoms with Crippen LogP contribution < -0.4 is 4.31 Å². The Bertz CT molecular complexity index is 1050. The van der Waals surface area contributed by atoms with Crippen molar-refractivity contribution in [2.75, 3.05) is 23.9 Å². The number of amides is 1. The molecule has 1 heterocycles. The van der Waals surface area contributed by atoms with Crippen LogP contribution in [0.25, 0.3) is 0 Å². The van der Waals surface area contributed by atoms with Crippen molar-refractivity contribution in [3.63, 3.8) is 0 Å². The van der Waals surface area contributed by atoms with E-state index in [4.69, 9.17) is 11.6 Å². The first-order chi connectivity index (χ1) is 14.5. The van der Waals surface area contributed by atoms with E-state index in [2.05, 4.69) is 0 Å². The molecule has 1 amide bonds. The van der Waals surface area contributed by atoms with E-state index in [0.717, 1.165) is 25.0 Å². The summed E-state index contributed by atoms with van der Waals surface area (Å²) in [6.07, 6.45) is -2.97. The maximum absolute atomic E-state index is 13.3. The summed E-state index contributed by atoms with van der Waals surface area (Å²) in [5, 5.41) is -0.202. The molecule has 0 saturated carbocycles. The van der Waals surface area contributed by atoms with Gasteiger partial charge < -0.3 is 4.90 Å². The molecule has 1 atom stereocenters. The third kappa shape index (κ3) is 5.33. The Morgan fingerprint density at radius 3 is 2.48 bits per heavy atom. The van der Waals surface area contributed by atoms with Crippen LogP contribution in [0, 0.1) is 5.92 Å². The fraction of sp³-hybridized carbons (Fsp3) is 0.381. The van der Waals surface area contributed by atoms with Crippen LogP contribution in [0.2, 0.25) is 5.02 Å². The van der Waals surface area contributed by atoms with Crippen molar-refractivity contribution in [3.05, 3.63) is 59.1 Å². The first-order valence-electron chi connectivity index (χ1n) is 9.72. The van der Waals surface area contributed by atoms with E-state index in [1.54, 1.807) is 11.0 Å². The average molecular weight is 475 g/mol. The van der Waals surface area contributed by atoms with E-state index in [1.165, 1.54) is 24.3 Å². The number of benzene rings is 2. The molecule has 0 radical (unpaired) electrons. The molecule has 0 N–H and O–H groups in total. The van der Waals surface area contributed by atoms with Crippen molar-refractivity contribution in [1.82, 2.24) is 4.90 Å². The highest BCUT2D eigenvalue weighted by atomic mass is 35.5. The van der Waals surface area contributed by atoms with E-state index in [9.17, 15) is 26.4 Å². The second-order valence-corrected chi connectivity index (χ2v) is 9.85. The zero-order valence-corrected chi connectivity index (χ0v) is 18.3. The van der Waals surface area contributed by atoms with Gasteiger partial charge in [0.2, 0.25) is 5.91 Å². The number of rotatable bonds is 5. The zero-order chi connectivity index (χ0) is 22.8. The van der Waals surface area contributed by atoms with Crippen LogP contribution >= 0.6 is 11.6 Å². The minimum atomic E-state index is -4.70. The molecule has 10 heteroatoms. The Labute approximate surface area is 184 Å². The molecular formula is C21H22ClF3N2O3S. The molecule has 1 aliphatic heterocycles. The highest BCUT2D eigenvalue weighted by Gasteiger charge is 2.35. The Hall–Kier alpha value is -2.26. The lowest BCUT2D eigenvalue weighted by Crippen LogP contribution is -2.46. The minimum Gasteiger partial charge on any atom is -0.341 e. The molecule has 1 saturated heterocycles. The Morgan fingerprint density at radius 2 is 1.87 bits per heavy atom. The number of sulfonamides is 1. The topological polar surface area (TPSA) is 57.7 Å². The van der Waals surface area contributed by atoms with Crippen LogP contribution in [0.3, 0.4) is 0 Å². The molecule has 0 spiro atoms. The zero-order valence-electron chi connectivity index (χ0n) is 16.8. The first-order valence-corrected chi connectivity index (χ1v) is 11.5. The average Bonchev–Trinajstić information content (AvgIpc) is 2.72. The number of hydrogen-bond donors (Lipinski definition) is 0. The Balaban J connectivity index is 2.06. The summed E-state index contributed by atoms with van der Waals surface area (Å²) in [5.41, 5.74) is -1.45. The largest absolute Gasteiger partial charge is 0.416 e. The number of piperidine rings is 1. The van der Waals surface area contributed by atoms with Crippen molar-refractivity contribution >= 4 is 33.2 Å². The van der Waals surface area contributed by atoms with Crippen LogP contribution in [-0.4, -0.2) is 38.9 Å². The molecule has 0 aliphatic carbocycles. The molecule has 2 aromatic carbocycles. The minimum absolute atomic E-state index is 0.150. The van der Waals surface area contributed by atoms with Crippen LogP contribution in [0.5, 0.6) is 0 Å². The van der Waals surface area contributed by atoms with Gasteiger partial charge in [-0.15, -0.1) is 0 Å². The maximum Gasteiger partial charge on any atom is 0.416 e. The second kappa shape index (κ2) is 9.08. The van der Waals surface area contributed by atoms with Crippen molar-refractivity contribution in [2.24, 2.45) is 5.92 Å². The van der Waals surface area contributed by atoms with Crippen molar-refractivity contribution in [1.29, 1.82) is 0 Å². The van der Waals surface area contributed by atoms with Crippen molar-refractivity contribution in [2.45, 2.75) is 30.8 Å². The summed E-state index contributed by atoms with van der Waals surface area (Å²) >= 11 is 6.13. The van der Waals surface area contributed by atoms with Gasteiger partial charge in [-0.2, -0.15) is 13.2 Å². The van der Waals surface area contributed by atoms with Gasteiger partial charge in [0.05, 0.1) is 21.2 Å². The van der Waals surface area contributed by atoms with Gasteiger partial charge in [0.15, 0.2) is 0 Å². The van der Waals surface area contributed by atoms with E-state index in [0.29, 0.717) is 23.5 Å². The van der Waals surface area contributed by atoms with Gasteiger partial charge >= 0.3 is 6.18 Å². The Morgan fingerprint density at radius 1 is 1.19 bits per heavy atom. The summed E-state index contributed by atoms with van der Waals surface area (Å²) < 4.78 is 67.2. The van der Waals surface area contributed by atoms with Gasteiger partial charge in [0.25, 0.3) is 10.0 Å². The maximum atomic E-state index is 13.3. The van der Waals surface area contributed by atoms with Gasteiger partial charge in [-0.1, -0.05) is 36.7 Å². The van der Waals surface area contributed by atoms with Gasteiger partial charge in [-0.25, -0.2) is 8.42 Å². The fourth-order valence-corrected chi connectivity index (χ4v) is 5.25. The first kappa shape index (κ1) is 23.4. The third-order valence-electron chi connectivity index (χ3n) is 5.16. The van der Waals surface area contributed by atoms with E-state index < -0.39 is 39.9 Å². The molecule has 0 unspecified atom stereocenters. The molecule has 31 heavy (non-hydrogen) atoms. The number of alkyl halides is 3. The fourth-order valence-electron chi connectivity index (χ4n) is 3.54. The number of carbonyl (C=O) groups excluding carboxylic acids is 1. The summed E-state index contributed by atoms with van der Waals surface area (Å²) in [7, 11) is -4.35. The molecular weight excluding hydrogens is 453 g/mol. The predicted molar refractivity (Wildman–Crippen MR) is 112 cm³/mol. The lowest BCUT2D eigenvalue weighted by Gasteiger charge is -2.33. The highest BCUT2D eigenvalue weighted by molar-refractivity contribution is 7.92. The molecule has 3 rings (SSSR count). The number of likely N-dealkylation sites (tertiary alicyclic amines) is 1. The second-order valence-electron chi connectivity index (χ2n) is 7.58. The van der Waals surface area contributed by atoms with Crippen molar-refractivity contribution in [3.8, 4) is 0 Å². The SMILES string of the molecule is C[C@H]1CCCN(C(=O)CN(c2cc(C(F)(F)F)ccc2Cl)S(=O)(=O)c2ccccc2)C1. The number of hydrogen-bond acceptors (Lipinski definition) is 3. The lowest BCUT2D eigenvalue weighted by molar-refractivity contribution is -0.137. The molecule has 1 aliphatic rings. The summed E-state index contributed by atoms with van der Waals surface area (Å²) in [6.45, 7) is 2.28. The smallest absolute Gasteiger partial charge is 0.341 e. The quantitative estimate of drug-likeness (QED) is 0.624. The summed E-state index contributed by atoms with van der Waals surface area (Å²) in [6, 6.07) is 9.65. The van der Waals surface area contributed by atoms with Gasteiger partial charge in [0, 0.05) is 13.1 Å². The number of halogens is 4. The van der Waals surface area contributed by atoms with Crippen molar-refractivity contribution < 1.29 is 26.4 Å². The van der Waals surface area contributed by atoms with E-state index >= 15 is 0 Å².